The summed E-state index contributed by atoms with van der Waals surface area (Å²) in [5.74, 6) is -3.65. The third kappa shape index (κ3) is 2.99. The number of rotatable bonds is 4. The molecule has 0 bridgehead atoms. The molecule has 1 aliphatic carbocycles. The highest BCUT2D eigenvalue weighted by atomic mass is 16.5. The summed E-state index contributed by atoms with van der Waals surface area (Å²) in [7, 11) is 1.21. The number of hydrogen-bond acceptors (Lipinski definition) is 5. The third-order valence-electron chi connectivity index (χ3n) is 2.89. The predicted molar refractivity (Wildman–Crippen MR) is 58.2 cm³/mol. The third-order valence-corrected chi connectivity index (χ3v) is 2.89. The maximum atomic E-state index is 11.7. The van der Waals surface area contributed by atoms with Gasteiger partial charge in [0.05, 0.1) is 13.0 Å². The zero-order chi connectivity index (χ0) is 13.0. The van der Waals surface area contributed by atoms with E-state index in [0.29, 0.717) is 6.42 Å². The molecular weight excluding hydrogens is 224 g/mol. The molecule has 5 heteroatoms. The van der Waals surface area contributed by atoms with Gasteiger partial charge in [-0.2, -0.15) is 0 Å². The second-order valence-electron chi connectivity index (χ2n) is 4.21. The highest BCUT2D eigenvalue weighted by Crippen LogP contribution is 2.25. The number of ether oxygens (including phenoxy) is 1. The van der Waals surface area contributed by atoms with Gasteiger partial charge in [-0.3, -0.25) is 19.2 Å². The normalized spacial score (nSPS) is 24.6. The van der Waals surface area contributed by atoms with E-state index in [2.05, 4.69) is 4.74 Å². The van der Waals surface area contributed by atoms with Gasteiger partial charge in [0.2, 0.25) is 0 Å². The first-order chi connectivity index (χ1) is 8.01. The van der Waals surface area contributed by atoms with Crippen LogP contribution in [-0.4, -0.2) is 30.4 Å². The Hall–Kier alpha value is -1.52. The van der Waals surface area contributed by atoms with Crippen LogP contribution in [0, 0.1) is 11.8 Å². The Morgan fingerprint density at radius 1 is 1.24 bits per heavy atom. The van der Waals surface area contributed by atoms with Crippen LogP contribution < -0.4 is 0 Å². The average molecular weight is 240 g/mol. The summed E-state index contributed by atoms with van der Waals surface area (Å²) in [5, 5.41) is 0. The van der Waals surface area contributed by atoms with Crippen molar-refractivity contribution in [3.8, 4) is 0 Å². The summed E-state index contributed by atoms with van der Waals surface area (Å²) in [6, 6.07) is 0. The van der Waals surface area contributed by atoms with E-state index in [1.165, 1.54) is 7.11 Å². The lowest BCUT2D eigenvalue weighted by Crippen LogP contribution is -2.41. The van der Waals surface area contributed by atoms with Crippen LogP contribution >= 0.6 is 0 Å². The Morgan fingerprint density at radius 3 is 2.18 bits per heavy atom. The SMILES string of the molecule is CCCC(=O)C1C(=O)CC(C(=O)OC)CC1=O. The fourth-order valence-electron chi connectivity index (χ4n) is 2.06. The molecule has 0 unspecified atom stereocenters. The van der Waals surface area contributed by atoms with Gasteiger partial charge in [0.15, 0.2) is 17.3 Å². The van der Waals surface area contributed by atoms with E-state index < -0.39 is 29.4 Å². The lowest BCUT2D eigenvalue weighted by molar-refractivity contribution is -0.154. The van der Waals surface area contributed by atoms with Crippen molar-refractivity contribution < 1.29 is 23.9 Å². The van der Waals surface area contributed by atoms with Crippen molar-refractivity contribution in [2.75, 3.05) is 7.11 Å². The number of carbonyl (C=O) groups is 4. The lowest BCUT2D eigenvalue weighted by Gasteiger charge is -2.23. The molecule has 0 heterocycles. The smallest absolute Gasteiger partial charge is 0.309 e. The number of methoxy groups -OCH3 is 1. The summed E-state index contributed by atoms with van der Waals surface area (Å²) in [6.07, 6.45) is 0.693. The molecule has 0 spiro atoms. The Balaban J connectivity index is 2.75. The Morgan fingerprint density at radius 2 is 1.76 bits per heavy atom. The van der Waals surface area contributed by atoms with Crippen LogP contribution in [0.3, 0.4) is 0 Å². The van der Waals surface area contributed by atoms with Crippen LogP contribution in [0.25, 0.3) is 0 Å². The monoisotopic (exact) mass is 240 g/mol. The van der Waals surface area contributed by atoms with Gasteiger partial charge in [-0.1, -0.05) is 6.92 Å². The molecule has 0 aromatic heterocycles. The van der Waals surface area contributed by atoms with Crippen LogP contribution in [0.5, 0.6) is 0 Å². The zero-order valence-electron chi connectivity index (χ0n) is 10.0. The quantitative estimate of drug-likeness (QED) is 0.533. The minimum absolute atomic E-state index is 0.0709. The van der Waals surface area contributed by atoms with Crippen molar-refractivity contribution in [1.82, 2.24) is 0 Å². The van der Waals surface area contributed by atoms with Crippen LogP contribution in [-0.2, 0) is 23.9 Å². The molecule has 0 radical (unpaired) electrons. The molecule has 1 saturated carbocycles. The van der Waals surface area contributed by atoms with E-state index >= 15 is 0 Å². The Bertz CT molecular complexity index is 340. The molecule has 0 atom stereocenters. The standard InChI is InChI=1S/C12H16O5/c1-3-4-8(13)11-9(14)5-7(6-10(11)15)12(16)17-2/h7,11H,3-6H2,1-2H3. The zero-order valence-corrected chi connectivity index (χ0v) is 10.0. The molecule has 0 aromatic rings. The first kappa shape index (κ1) is 13.5. The molecule has 1 fully saturated rings. The summed E-state index contributed by atoms with van der Waals surface area (Å²) in [4.78, 5) is 46.3. The van der Waals surface area contributed by atoms with Gasteiger partial charge in [0.25, 0.3) is 0 Å². The largest absolute Gasteiger partial charge is 0.469 e. The van der Waals surface area contributed by atoms with Gasteiger partial charge in [0, 0.05) is 19.3 Å². The molecule has 0 aromatic carbocycles. The minimum Gasteiger partial charge on any atom is -0.469 e. The predicted octanol–water partition coefficient (Wildman–Crippen LogP) is 0.693. The summed E-state index contributed by atoms with van der Waals surface area (Å²) >= 11 is 0. The van der Waals surface area contributed by atoms with Crippen molar-refractivity contribution in [3.63, 3.8) is 0 Å². The lowest BCUT2D eigenvalue weighted by atomic mass is 9.77. The Labute approximate surface area is 99.5 Å². The van der Waals surface area contributed by atoms with Gasteiger partial charge in [-0.15, -0.1) is 0 Å². The maximum Gasteiger partial charge on any atom is 0.309 e. The van der Waals surface area contributed by atoms with Crippen LogP contribution in [0.2, 0.25) is 0 Å². The number of esters is 1. The molecule has 0 aliphatic heterocycles. The average Bonchev–Trinajstić information content (AvgIpc) is 2.27. The molecule has 1 rings (SSSR count). The van der Waals surface area contributed by atoms with E-state index in [4.69, 9.17) is 0 Å². The summed E-state index contributed by atoms with van der Waals surface area (Å²) in [6.45, 7) is 1.81. The second-order valence-corrected chi connectivity index (χ2v) is 4.21. The van der Waals surface area contributed by atoms with Crippen LogP contribution in [0.15, 0.2) is 0 Å². The first-order valence-corrected chi connectivity index (χ1v) is 5.67. The highest BCUT2D eigenvalue weighted by molar-refractivity contribution is 6.21. The number of hydrogen-bond donors (Lipinski definition) is 0. The van der Waals surface area contributed by atoms with Gasteiger partial charge in [-0.25, -0.2) is 0 Å². The van der Waals surface area contributed by atoms with Crippen molar-refractivity contribution in [2.24, 2.45) is 11.8 Å². The van der Waals surface area contributed by atoms with Crippen molar-refractivity contribution in [2.45, 2.75) is 32.6 Å². The van der Waals surface area contributed by atoms with Crippen LogP contribution in [0.1, 0.15) is 32.6 Å². The van der Waals surface area contributed by atoms with Crippen molar-refractivity contribution >= 4 is 23.3 Å². The fourth-order valence-corrected chi connectivity index (χ4v) is 2.06. The minimum atomic E-state index is -1.14. The molecule has 17 heavy (non-hydrogen) atoms. The summed E-state index contributed by atoms with van der Waals surface area (Å²) < 4.78 is 4.50. The Kier molecular flexibility index (Phi) is 4.54. The van der Waals surface area contributed by atoms with Crippen molar-refractivity contribution in [3.05, 3.63) is 0 Å². The molecule has 0 saturated heterocycles. The maximum absolute atomic E-state index is 11.7. The molecule has 1 aliphatic rings. The van der Waals surface area contributed by atoms with E-state index in [1.54, 1.807) is 0 Å². The molecular formula is C12H16O5. The number of ketones is 3. The van der Waals surface area contributed by atoms with E-state index in [1.807, 2.05) is 6.92 Å². The van der Waals surface area contributed by atoms with Gasteiger partial charge < -0.3 is 4.74 Å². The van der Waals surface area contributed by atoms with Gasteiger partial charge >= 0.3 is 5.97 Å². The second kappa shape index (κ2) is 5.70. The first-order valence-electron chi connectivity index (χ1n) is 5.67. The molecule has 0 N–H and O–H groups in total. The molecule has 0 amide bonds. The topological polar surface area (TPSA) is 77.5 Å². The molecule has 94 valence electrons. The van der Waals surface area contributed by atoms with E-state index in [-0.39, 0.29) is 25.0 Å². The van der Waals surface area contributed by atoms with E-state index in [0.717, 1.165) is 0 Å². The highest BCUT2D eigenvalue weighted by Gasteiger charge is 2.42. The van der Waals surface area contributed by atoms with Gasteiger partial charge in [-0.05, 0) is 6.42 Å². The summed E-state index contributed by atoms with van der Waals surface area (Å²) in [5.41, 5.74) is 0. The van der Waals surface area contributed by atoms with E-state index in [9.17, 15) is 19.2 Å². The van der Waals surface area contributed by atoms with Gasteiger partial charge in [0.1, 0.15) is 5.92 Å². The fraction of sp³-hybridized carbons (Fsp3) is 0.667. The molecule has 5 nitrogen and oxygen atoms in total. The number of carbonyl (C=O) groups excluding carboxylic acids is 4. The van der Waals surface area contributed by atoms with Crippen molar-refractivity contribution in [1.29, 1.82) is 0 Å². The van der Waals surface area contributed by atoms with Crippen LogP contribution in [0.4, 0.5) is 0 Å². The number of Topliss-reactive ketones (excluding diaryl/α,β-unsaturated/α-hetero) is 3.